The second-order valence-corrected chi connectivity index (χ2v) is 2.92. The highest BCUT2D eigenvalue weighted by Gasteiger charge is 2.19. The lowest BCUT2D eigenvalue weighted by Gasteiger charge is -2.16. The van der Waals surface area contributed by atoms with E-state index in [4.69, 9.17) is 19.4 Å². The topological polar surface area (TPSA) is 0 Å². The van der Waals surface area contributed by atoms with Gasteiger partial charge in [-0.3, -0.25) is 0 Å². The van der Waals surface area contributed by atoms with Gasteiger partial charge >= 0.3 is 0 Å². The molecular weight excluding hydrogens is 161 g/mol. The van der Waals surface area contributed by atoms with Gasteiger partial charge in [0.15, 0.2) is 0 Å². The summed E-state index contributed by atoms with van der Waals surface area (Å²) in [5.74, 6) is -0.140. The Labute approximate surface area is 74.2 Å². The van der Waals surface area contributed by atoms with Crippen molar-refractivity contribution < 1.29 is 4.39 Å². The summed E-state index contributed by atoms with van der Waals surface area (Å²) < 4.78 is 13.2. The van der Waals surface area contributed by atoms with Crippen LogP contribution >= 0.6 is 11.6 Å². The fraction of sp³-hybridized carbons (Fsp3) is 0.750. The van der Waals surface area contributed by atoms with E-state index in [2.05, 4.69) is 0 Å². The minimum absolute atomic E-state index is 0.140. The Bertz CT molecular complexity index is 132. The minimum Gasteiger partial charge on any atom is -0.241 e. The number of rotatable bonds is 4. The van der Waals surface area contributed by atoms with Crippen molar-refractivity contribution in [2.24, 2.45) is 5.92 Å². The molecule has 2 radical (unpaired) electrons. The summed E-state index contributed by atoms with van der Waals surface area (Å²) in [4.78, 5) is 0. The zero-order valence-corrected chi connectivity index (χ0v) is 7.74. The number of alkyl halides is 1. The maximum Gasteiger partial charge on any atom is 0.137 e. The van der Waals surface area contributed by atoms with Crippen LogP contribution in [0, 0.1) is 5.92 Å². The van der Waals surface area contributed by atoms with Gasteiger partial charge in [0.05, 0.1) is 7.85 Å². The standard InChI is InChI=1S/C8H13BClF/c1-3-6(5-9)8(11)7(10)4-2/h4,6,8H,3,5H2,1-2H3/b7-4+. The first-order valence-corrected chi connectivity index (χ1v) is 4.21. The molecule has 0 N–H and O–H groups in total. The molecule has 0 rings (SSSR count). The van der Waals surface area contributed by atoms with Crippen molar-refractivity contribution in [3.63, 3.8) is 0 Å². The van der Waals surface area contributed by atoms with Crippen LogP contribution in [0.15, 0.2) is 11.1 Å². The van der Waals surface area contributed by atoms with Gasteiger partial charge in [0.1, 0.15) is 6.17 Å². The third-order valence-electron chi connectivity index (χ3n) is 1.78. The van der Waals surface area contributed by atoms with E-state index in [9.17, 15) is 4.39 Å². The third-order valence-corrected chi connectivity index (χ3v) is 2.21. The van der Waals surface area contributed by atoms with E-state index >= 15 is 0 Å². The van der Waals surface area contributed by atoms with E-state index in [1.807, 2.05) is 6.92 Å². The van der Waals surface area contributed by atoms with Gasteiger partial charge < -0.3 is 0 Å². The van der Waals surface area contributed by atoms with Crippen LogP contribution in [-0.2, 0) is 0 Å². The number of allylic oxidation sites excluding steroid dienone is 2. The van der Waals surface area contributed by atoms with Crippen LogP contribution in [0.1, 0.15) is 20.3 Å². The van der Waals surface area contributed by atoms with Gasteiger partial charge in [0, 0.05) is 5.03 Å². The molecule has 0 bridgehead atoms. The fourth-order valence-electron chi connectivity index (χ4n) is 0.877. The summed E-state index contributed by atoms with van der Waals surface area (Å²) in [6.07, 6.45) is 1.56. The molecule has 0 aliphatic heterocycles. The fourth-order valence-corrected chi connectivity index (χ4v) is 1.06. The van der Waals surface area contributed by atoms with Gasteiger partial charge in [0.2, 0.25) is 0 Å². The molecule has 0 fully saturated rings. The van der Waals surface area contributed by atoms with Crippen LogP contribution in [0.2, 0.25) is 6.32 Å². The van der Waals surface area contributed by atoms with E-state index in [1.54, 1.807) is 13.0 Å². The molecule has 0 saturated heterocycles. The maximum absolute atomic E-state index is 13.2. The monoisotopic (exact) mass is 174 g/mol. The summed E-state index contributed by atoms with van der Waals surface area (Å²) in [5, 5.41) is 0.266. The summed E-state index contributed by atoms with van der Waals surface area (Å²) in [5.41, 5.74) is 0. The average molecular weight is 174 g/mol. The highest BCUT2D eigenvalue weighted by Crippen LogP contribution is 2.24. The Kier molecular flexibility index (Phi) is 5.66. The zero-order valence-electron chi connectivity index (χ0n) is 6.98. The Morgan fingerprint density at radius 3 is 2.55 bits per heavy atom. The van der Waals surface area contributed by atoms with Crippen LogP contribution < -0.4 is 0 Å². The van der Waals surface area contributed by atoms with Crippen molar-refractivity contribution in [1.82, 2.24) is 0 Å². The van der Waals surface area contributed by atoms with E-state index < -0.39 is 6.17 Å². The van der Waals surface area contributed by atoms with Crippen molar-refractivity contribution in [2.75, 3.05) is 0 Å². The number of halogens is 2. The predicted octanol–water partition coefficient (Wildman–Crippen LogP) is 3.08. The van der Waals surface area contributed by atoms with Gasteiger partial charge in [-0.1, -0.05) is 37.3 Å². The van der Waals surface area contributed by atoms with Crippen molar-refractivity contribution in [1.29, 1.82) is 0 Å². The van der Waals surface area contributed by atoms with Crippen LogP contribution in [-0.4, -0.2) is 14.0 Å². The van der Waals surface area contributed by atoms with E-state index in [-0.39, 0.29) is 11.0 Å². The molecule has 0 aromatic rings. The highest BCUT2D eigenvalue weighted by atomic mass is 35.5. The molecule has 62 valence electrons. The Morgan fingerprint density at radius 2 is 2.27 bits per heavy atom. The number of hydrogen-bond donors (Lipinski definition) is 0. The van der Waals surface area contributed by atoms with Gasteiger partial charge in [-0.2, -0.15) is 0 Å². The lowest BCUT2D eigenvalue weighted by molar-refractivity contribution is 0.286. The lowest BCUT2D eigenvalue weighted by Crippen LogP contribution is -2.14. The average Bonchev–Trinajstić information content (AvgIpc) is 2.05. The molecule has 3 heteroatoms. The first-order chi connectivity index (χ1) is 5.17. The number of hydrogen-bond acceptors (Lipinski definition) is 0. The Balaban J connectivity index is 4.08. The zero-order chi connectivity index (χ0) is 8.85. The lowest BCUT2D eigenvalue weighted by atomic mass is 9.86. The first-order valence-electron chi connectivity index (χ1n) is 3.83. The Morgan fingerprint density at radius 1 is 1.73 bits per heavy atom. The molecule has 0 aromatic carbocycles. The van der Waals surface area contributed by atoms with Crippen molar-refractivity contribution in [2.45, 2.75) is 32.8 Å². The van der Waals surface area contributed by atoms with E-state index in [0.717, 1.165) is 6.42 Å². The summed E-state index contributed by atoms with van der Waals surface area (Å²) in [6, 6.07) is 0. The normalized spacial score (nSPS) is 18.0. The molecular formula is C8H13BClF. The quantitative estimate of drug-likeness (QED) is 0.575. The largest absolute Gasteiger partial charge is 0.241 e. The molecule has 0 nitrogen and oxygen atoms in total. The van der Waals surface area contributed by atoms with Crippen molar-refractivity contribution >= 4 is 19.4 Å². The van der Waals surface area contributed by atoms with E-state index in [0.29, 0.717) is 6.32 Å². The summed E-state index contributed by atoms with van der Waals surface area (Å²) in [6.45, 7) is 3.63. The predicted molar refractivity (Wildman–Crippen MR) is 48.8 cm³/mol. The SMILES string of the molecule is [B]CC(CC)C(F)/C(Cl)=C\C. The van der Waals surface area contributed by atoms with Gasteiger partial charge in [-0.15, -0.1) is 0 Å². The molecule has 0 amide bonds. The van der Waals surface area contributed by atoms with Crippen molar-refractivity contribution in [3.8, 4) is 0 Å². The molecule has 0 spiro atoms. The van der Waals surface area contributed by atoms with Gasteiger partial charge in [-0.05, 0) is 12.8 Å². The third kappa shape index (κ3) is 3.28. The highest BCUT2D eigenvalue weighted by molar-refractivity contribution is 6.30. The Hall–Kier alpha value is 0.0249. The maximum atomic E-state index is 13.2. The van der Waals surface area contributed by atoms with E-state index in [1.165, 1.54) is 0 Å². The van der Waals surface area contributed by atoms with Crippen LogP contribution in [0.3, 0.4) is 0 Å². The molecule has 0 heterocycles. The molecule has 11 heavy (non-hydrogen) atoms. The van der Waals surface area contributed by atoms with Gasteiger partial charge in [-0.25, -0.2) is 4.39 Å². The molecule has 0 aromatic heterocycles. The minimum atomic E-state index is -1.09. The molecule has 0 saturated carbocycles. The molecule has 2 unspecified atom stereocenters. The second-order valence-electron chi connectivity index (χ2n) is 2.48. The second kappa shape index (κ2) is 5.65. The van der Waals surface area contributed by atoms with Crippen molar-refractivity contribution in [3.05, 3.63) is 11.1 Å². The van der Waals surface area contributed by atoms with Crippen LogP contribution in [0.4, 0.5) is 4.39 Å². The summed E-state index contributed by atoms with van der Waals surface area (Å²) >= 11 is 5.60. The van der Waals surface area contributed by atoms with Gasteiger partial charge in [0.25, 0.3) is 0 Å². The molecule has 2 atom stereocenters. The van der Waals surface area contributed by atoms with Crippen LogP contribution in [0.5, 0.6) is 0 Å². The molecule has 0 aliphatic rings. The molecule has 0 aliphatic carbocycles. The first kappa shape index (κ1) is 11.0. The van der Waals surface area contributed by atoms with Crippen LogP contribution in [0.25, 0.3) is 0 Å². The smallest absolute Gasteiger partial charge is 0.137 e. The summed E-state index contributed by atoms with van der Waals surface area (Å²) in [7, 11) is 5.35.